The summed E-state index contributed by atoms with van der Waals surface area (Å²) < 4.78 is 0. The van der Waals surface area contributed by atoms with Gasteiger partial charge in [0.05, 0.1) is 0 Å². The van der Waals surface area contributed by atoms with Crippen LogP contribution in [0.15, 0.2) is 36.4 Å². The number of hydrogen-bond acceptors (Lipinski definition) is 1. The molecule has 3 rings (SSSR count). The van der Waals surface area contributed by atoms with E-state index in [-0.39, 0.29) is 17.0 Å². The molecule has 1 fully saturated rings. The SMILES string of the molecule is Br.Cc1cccc(C)c1N1CCN(c2c(C)cccc2C)C1=N. The van der Waals surface area contributed by atoms with Gasteiger partial charge in [0.1, 0.15) is 0 Å². The first-order valence-electron chi connectivity index (χ1n) is 7.76. The molecule has 1 aliphatic rings. The summed E-state index contributed by atoms with van der Waals surface area (Å²) in [4.78, 5) is 4.27. The van der Waals surface area contributed by atoms with Crippen molar-refractivity contribution < 1.29 is 0 Å². The van der Waals surface area contributed by atoms with Gasteiger partial charge in [-0.05, 0) is 49.9 Å². The Bertz CT molecular complexity index is 637. The van der Waals surface area contributed by atoms with Crippen LogP contribution in [0, 0.1) is 33.1 Å². The molecule has 0 unspecified atom stereocenters. The molecule has 0 radical (unpaired) electrons. The topological polar surface area (TPSA) is 30.3 Å². The fourth-order valence-electron chi connectivity index (χ4n) is 3.46. The smallest absolute Gasteiger partial charge is 0.203 e. The van der Waals surface area contributed by atoms with Crippen molar-refractivity contribution >= 4 is 34.3 Å². The summed E-state index contributed by atoms with van der Waals surface area (Å²) in [5.41, 5.74) is 7.28. The van der Waals surface area contributed by atoms with Crippen LogP contribution in [0.5, 0.6) is 0 Å². The zero-order chi connectivity index (χ0) is 15.9. The summed E-state index contributed by atoms with van der Waals surface area (Å²) >= 11 is 0. The molecule has 0 bridgehead atoms. The van der Waals surface area contributed by atoms with Gasteiger partial charge in [-0.25, -0.2) is 0 Å². The van der Waals surface area contributed by atoms with E-state index in [1.165, 1.54) is 33.6 Å². The van der Waals surface area contributed by atoms with E-state index in [9.17, 15) is 0 Å². The molecule has 1 heterocycles. The van der Waals surface area contributed by atoms with E-state index in [4.69, 9.17) is 5.41 Å². The minimum atomic E-state index is 0. The standard InChI is InChI=1S/C19H23N3.BrH/c1-13-7-5-8-14(2)17(13)21-11-12-22(19(21)20)18-15(3)9-6-10-16(18)4;/h5-10,20H,11-12H2,1-4H3;1H. The van der Waals surface area contributed by atoms with E-state index in [1.807, 2.05) is 0 Å². The first-order chi connectivity index (χ1) is 10.5. The van der Waals surface area contributed by atoms with E-state index < -0.39 is 0 Å². The normalized spacial score (nSPS) is 14.2. The Morgan fingerprint density at radius 2 is 1.00 bits per heavy atom. The lowest BCUT2D eigenvalue weighted by molar-refractivity contribution is 1.01. The van der Waals surface area contributed by atoms with Crippen molar-refractivity contribution in [3.05, 3.63) is 58.7 Å². The van der Waals surface area contributed by atoms with Crippen LogP contribution in [0.4, 0.5) is 11.4 Å². The maximum absolute atomic E-state index is 8.68. The highest BCUT2D eigenvalue weighted by molar-refractivity contribution is 8.93. The molecule has 4 heteroatoms. The van der Waals surface area contributed by atoms with E-state index in [1.54, 1.807) is 0 Å². The molecule has 3 nitrogen and oxygen atoms in total. The van der Waals surface area contributed by atoms with Gasteiger partial charge in [0.25, 0.3) is 0 Å². The fourth-order valence-corrected chi connectivity index (χ4v) is 3.46. The highest BCUT2D eigenvalue weighted by Gasteiger charge is 2.30. The van der Waals surface area contributed by atoms with Crippen LogP contribution < -0.4 is 9.80 Å². The third kappa shape index (κ3) is 3.00. The highest BCUT2D eigenvalue weighted by Crippen LogP contribution is 2.32. The number of rotatable bonds is 2. The largest absolute Gasteiger partial charge is 0.310 e. The van der Waals surface area contributed by atoms with E-state index in [2.05, 4.69) is 73.9 Å². The molecular formula is C19H24BrN3. The van der Waals surface area contributed by atoms with Crippen molar-refractivity contribution in [2.75, 3.05) is 22.9 Å². The van der Waals surface area contributed by atoms with Crippen LogP contribution in [0.3, 0.4) is 0 Å². The predicted octanol–water partition coefficient (Wildman–Crippen LogP) is 4.76. The number of anilines is 2. The van der Waals surface area contributed by atoms with Gasteiger partial charge in [-0.2, -0.15) is 0 Å². The summed E-state index contributed by atoms with van der Waals surface area (Å²) in [6, 6.07) is 12.7. The van der Waals surface area contributed by atoms with Gasteiger partial charge in [-0.15, -0.1) is 17.0 Å². The number of hydrogen-bond donors (Lipinski definition) is 1. The molecular weight excluding hydrogens is 350 g/mol. The second-order valence-electron chi connectivity index (χ2n) is 6.11. The van der Waals surface area contributed by atoms with E-state index in [0.717, 1.165) is 13.1 Å². The lowest BCUT2D eigenvalue weighted by Gasteiger charge is -2.26. The monoisotopic (exact) mass is 373 g/mol. The second-order valence-corrected chi connectivity index (χ2v) is 6.11. The zero-order valence-corrected chi connectivity index (χ0v) is 15.9. The number of nitrogens with one attached hydrogen (secondary N) is 1. The molecule has 23 heavy (non-hydrogen) atoms. The van der Waals surface area contributed by atoms with Gasteiger partial charge in [-0.1, -0.05) is 36.4 Å². The van der Waals surface area contributed by atoms with E-state index >= 15 is 0 Å². The Labute approximate surface area is 149 Å². The van der Waals surface area contributed by atoms with Crippen molar-refractivity contribution in [2.45, 2.75) is 27.7 Å². The van der Waals surface area contributed by atoms with Crippen molar-refractivity contribution in [3.63, 3.8) is 0 Å². The van der Waals surface area contributed by atoms with Gasteiger partial charge in [0.15, 0.2) is 0 Å². The number of para-hydroxylation sites is 2. The molecule has 1 N–H and O–H groups in total. The van der Waals surface area contributed by atoms with Crippen LogP contribution in [-0.2, 0) is 0 Å². The Balaban J connectivity index is 0.00000192. The lowest BCUT2D eigenvalue weighted by atomic mass is 10.1. The quantitative estimate of drug-likeness (QED) is 0.822. The van der Waals surface area contributed by atoms with E-state index in [0.29, 0.717) is 5.96 Å². The number of nitrogens with zero attached hydrogens (tertiary/aromatic N) is 2. The summed E-state index contributed by atoms with van der Waals surface area (Å²) in [5, 5.41) is 8.68. The Hall–Kier alpha value is -1.81. The first-order valence-corrected chi connectivity index (χ1v) is 7.76. The minimum Gasteiger partial charge on any atom is -0.310 e. The Morgan fingerprint density at radius 1 is 0.696 bits per heavy atom. The van der Waals surface area contributed by atoms with Crippen LogP contribution >= 0.6 is 17.0 Å². The summed E-state index contributed by atoms with van der Waals surface area (Å²) in [7, 11) is 0. The highest BCUT2D eigenvalue weighted by atomic mass is 79.9. The number of halogens is 1. The second kappa shape index (κ2) is 6.75. The summed E-state index contributed by atoms with van der Waals surface area (Å²) in [6.45, 7) is 10.2. The molecule has 0 amide bonds. The van der Waals surface area contributed by atoms with Gasteiger partial charge in [-0.3, -0.25) is 5.41 Å². The Kier molecular flexibility index (Phi) is 5.15. The summed E-state index contributed by atoms with van der Waals surface area (Å²) in [5.74, 6) is 0.579. The molecule has 2 aromatic rings. The molecule has 0 atom stereocenters. The average Bonchev–Trinajstić information content (AvgIpc) is 2.81. The number of guanidine groups is 1. The first kappa shape index (κ1) is 17.5. The summed E-state index contributed by atoms with van der Waals surface area (Å²) in [6.07, 6.45) is 0. The van der Waals surface area contributed by atoms with Crippen LogP contribution in [0.2, 0.25) is 0 Å². The van der Waals surface area contributed by atoms with Gasteiger partial charge >= 0.3 is 0 Å². The van der Waals surface area contributed by atoms with Gasteiger partial charge in [0.2, 0.25) is 5.96 Å². The van der Waals surface area contributed by atoms with Crippen LogP contribution in [0.1, 0.15) is 22.3 Å². The van der Waals surface area contributed by atoms with Crippen molar-refractivity contribution in [1.82, 2.24) is 0 Å². The third-order valence-corrected chi connectivity index (χ3v) is 4.48. The average molecular weight is 374 g/mol. The van der Waals surface area contributed by atoms with Crippen molar-refractivity contribution in [1.29, 1.82) is 5.41 Å². The lowest BCUT2D eigenvalue weighted by Crippen LogP contribution is -2.34. The number of benzene rings is 2. The van der Waals surface area contributed by atoms with Crippen LogP contribution in [0.25, 0.3) is 0 Å². The third-order valence-electron chi connectivity index (χ3n) is 4.48. The minimum absolute atomic E-state index is 0. The molecule has 0 saturated carbocycles. The zero-order valence-electron chi connectivity index (χ0n) is 14.2. The molecule has 122 valence electrons. The molecule has 0 spiro atoms. The molecule has 0 aliphatic carbocycles. The predicted molar refractivity (Wildman–Crippen MR) is 105 cm³/mol. The fraction of sp³-hybridized carbons (Fsp3) is 0.316. The molecule has 1 aliphatic heterocycles. The van der Waals surface area contributed by atoms with Gasteiger partial charge < -0.3 is 9.80 Å². The number of aryl methyl sites for hydroxylation is 4. The Morgan fingerprint density at radius 3 is 1.30 bits per heavy atom. The molecule has 2 aromatic carbocycles. The van der Waals surface area contributed by atoms with Gasteiger partial charge in [0, 0.05) is 24.5 Å². The maximum Gasteiger partial charge on any atom is 0.203 e. The molecule has 0 aromatic heterocycles. The van der Waals surface area contributed by atoms with Crippen molar-refractivity contribution in [3.8, 4) is 0 Å². The van der Waals surface area contributed by atoms with Crippen molar-refractivity contribution in [2.24, 2.45) is 0 Å². The molecule has 1 saturated heterocycles. The van der Waals surface area contributed by atoms with Crippen LogP contribution in [-0.4, -0.2) is 19.0 Å². The maximum atomic E-state index is 8.68.